The summed E-state index contributed by atoms with van der Waals surface area (Å²) in [7, 11) is 1.30. The Morgan fingerprint density at radius 2 is 2.50 bits per heavy atom. The molecule has 0 fully saturated rings. The first kappa shape index (κ1) is 9.06. The fourth-order valence-corrected chi connectivity index (χ4v) is 0.454. The highest BCUT2D eigenvalue weighted by atomic mass is 16.7. The second-order valence-corrected chi connectivity index (χ2v) is 1.49. The molecule has 5 nitrogen and oxygen atoms in total. The van der Waals surface area contributed by atoms with Crippen molar-refractivity contribution in [1.29, 1.82) is 5.41 Å². The van der Waals surface area contributed by atoms with E-state index in [0.29, 0.717) is 6.21 Å². The third-order valence-electron chi connectivity index (χ3n) is 0.893. The molecule has 0 bridgehead atoms. The number of nitrogens with zero attached hydrogens (tertiary/aromatic N) is 1. The summed E-state index contributed by atoms with van der Waals surface area (Å²) in [6.45, 7) is -0.0852. The van der Waals surface area contributed by atoms with E-state index < -0.39 is 5.91 Å². The van der Waals surface area contributed by atoms with Crippen LogP contribution < -0.4 is 0 Å². The van der Waals surface area contributed by atoms with E-state index in [9.17, 15) is 4.79 Å². The molecule has 0 aliphatic carbocycles. The molecule has 0 atom stereocenters. The Kier molecular flexibility index (Phi) is 4.43. The van der Waals surface area contributed by atoms with Crippen molar-refractivity contribution in [3.63, 3.8) is 0 Å². The van der Waals surface area contributed by atoms with Gasteiger partial charge in [-0.05, 0) is 0 Å². The van der Waals surface area contributed by atoms with Crippen LogP contribution in [0, 0.1) is 5.41 Å². The highest BCUT2D eigenvalue weighted by Gasteiger charge is 2.07. The molecule has 5 heteroatoms. The number of aliphatic hydroxyl groups is 1. The van der Waals surface area contributed by atoms with Gasteiger partial charge in [-0.3, -0.25) is 9.63 Å². The van der Waals surface area contributed by atoms with Crippen molar-refractivity contribution >= 4 is 12.1 Å². The third-order valence-corrected chi connectivity index (χ3v) is 0.893. The zero-order valence-corrected chi connectivity index (χ0v) is 5.70. The molecular formula is C5H10N2O3. The lowest BCUT2D eigenvalue weighted by Gasteiger charge is -2.14. The van der Waals surface area contributed by atoms with Gasteiger partial charge in [-0.1, -0.05) is 0 Å². The molecule has 0 unspecified atom stereocenters. The van der Waals surface area contributed by atoms with Crippen molar-refractivity contribution in [2.24, 2.45) is 0 Å². The Hall–Kier alpha value is -0.940. The van der Waals surface area contributed by atoms with E-state index >= 15 is 0 Å². The van der Waals surface area contributed by atoms with Gasteiger partial charge in [0, 0.05) is 0 Å². The van der Waals surface area contributed by atoms with Crippen LogP contribution in [0.5, 0.6) is 0 Å². The van der Waals surface area contributed by atoms with Gasteiger partial charge < -0.3 is 10.5 Å². The van der Waals surface area contributed by atoms with Crippen molar-refractivity contribution in [2.75, 3.05) is 20.3 Å². The molecule has 0 aromatic rings. The summed E-state index contributed by atoms with van der Waals surface area (Å²) in [5, 5.41) is 15.8. The van der Waals surface area contributed by atoms with E-state index in [2.05, 4.69) is 4.84 Å². The zero-order valence-electron chi connectivity index (χ0n) is 5.70. The van der Waals surface area contributed by atoms with E-state index in [1.165, 1.54) is 7.11 Å². The molecule has 2 N–H and O–H groups in total. The number of amides is 1. The van der Waals surface area contributed by atoms with Crippen LogP contribution in [-0.2, 0) is 9.63 Å². The van der Waals surface area contributed by atoms with E-state index in [4.69, 9.17) is 10.5 Å². The molecular weight excluding hydrogens is 136 g/mol. The highest BCUT2D eigenvalue weighted by molar-refractivity contribution is 6.24. The summed E-state index contributed by atoms with van der Waals surface area (Å²) >= 11 is 0. The number of nitrogens with one attached hydrogen (secondary N) is 1. The number of carbonyl (C=O) groups is 1. The first-order chi connectivity index (χ1) is 4.76. The van der Waals surface area contributed by atoms with Gasteiger partial charge in [0.05, 0.1) is 26.5 Å². The topological polar surface area (TPSA) is 73.6 Å². The highest BCUT2D eigenvalue weighted by Crippen LogP contribution is 1.85. The Labute approximate surface area is 58.7 Å². The van der Waals surface area contributed by atoms with Crippen molar-refractivity contribution in [2.45, 2.75) is 0 Å². The minimum Gasteiger partial charge on any atom is -0.394 e. The summed E-state index contributed by atoms with van der Waals surface area (Å²) in [6.07, 6.45) is 0.624. The molecule has 1 amide bonds. The summed E-state index contributed by atoms with van der Waals surface area (Å²) in [6, 6.07) is 0. The molecule has 0 aromatic heterocycles. The van der Waals surface area contributed by atoms with Gasteiger partial charge in [-0.25, -0.2) is 5.06 Å². The monoisotopic (exact) mass is 146 g/mol. The fraction of sp³-hybridized carbons (Fsp3) is 0.600. The summed E-state index contributed by atoms with van der Waals surface area (Å²) in [5.41, 5.74) is 0. The maximum Gasteiger partial charge on any atom is 0.287 e. The summed E-state index contributed by atoms with van der Waals surface area (Å²) in [5.74, 6) is -0.573. The second-order valence-electron chi connectivity index (χ2n) is 1.49. The van der Waals surface area contributed by atoms with Crippen molar-refractivity contribution in [3.05, 3.63) is 0 Å². The number of rotatable bonds is 4. The molecule has 10 heavy (non-hydrogen) atoms. The fourth-order valence-electron chi connectivity index (χ4n) is 0.454. The number of aliphatic hydroxyl groups excluding tert-OH is 1. The van der Waals surface area contributed by atoms with Gasteiger partial charge >= 0.3 is 0 Å². The van der Waals surface area contributed by atoms with E-state index in [1.807, 2.05) is 0 Å². The second kappa shape index (κ2) is 4.89. The number of hydrogen-bond donors (Lipinski definition) is 2. The molecule has 0 aliphatic heterocycles. The largest absolute Gasteiger partial charge is 0.394 e. The predicted octanol–water partition coefficient (Wildman–Crippen LogP) is -0.982. The molecule has 0 rings (SSSR count). The van der Waals surface area contributed by atoms with Crippen LogP contribution in [0.15, 0.2) is 0 Å². The van der Waals surface area contributed by atoms with E-state index in [1.54, 1.807) is 0 Å². The summed E-state index contributed by atoms with van der Waals surface area (Å²) < 4.78 is 0. The van der Waals surface area contributed by atoms with Crippen molar-refractivity contribution < 1.29 is 14.7 Å². The van der Waals surface area contributed by atoms with Crippen molar-refractivity contribution in [1.82, 2.24) is 5.06 Å². The Bertz CT molecular complexity index is 126. The zero-order chi connectivity index (χ0) is 7.98. The maximum atomic E-state index is 10.6. The van der Waals surface area contributed by atoms with Gasteiger partial charge in [0.15, 0.2) is 0 Å². The van der Waals surface area contributed by atoms with Crippen molar-refractivity contribution in [3.8, 4) is 0 Å². The number of carbonyl (C=O) groups excluding carboxylic acids is 1. The SMILES string of the molecule is CON(CCO)C(=O)C=N. The Morgan fingerprint density at radius 3 is 2.80 bits per heavy atom. The predicted molar refractivity (Wildman–Crippen MR) is 34.6 cm³/mol. The first-order valence-corrected chi connectivity index (χ1v) is 2.73. The lowest BCUT2D eigenvalue weighted by atomic mass is 10.6. The van der Waals surface area contributed by atoms with Crippen LogP contribution in [-0.4, -0.2) is 42.6 Å². The average molecular weight is 146 g/mol. The smallest absolute Gasteiger partial charge is 0.287 e. The van der Waals surface area contributed by atoms with Crippen LogP contribution in [0.25, 0.3) is 0 Å². The Balaban J connectivity index is 3.79. The van der Waals surface area contributed by atoms with E-state index in [0.717, 1.165) is 5.06 Å². The van der Waals surface area contributed by atoms with Crippen LogP contribution in [0.4, 0.5) is 0 Å². The van der Waals surface area contributed by atoms with Gasteiger partial charge in [0.2, 0.25) is 0 Å². The average Bonchev–Trinajstić information content (AvgIpc) is 1.99. The molecule has 58 valence electrons. The molecule has 0 saturated heterocycles. The van der Waals surface area contributed by atoms with Gasteiger partial charge in [-0.2, -0.15) is 0 Å². The van der Waals surface area contributed by atoms with Crippen LogP contribution in [0.2, 0.25) is 0 Å². The van der Waals surface area contributed by atoms with Crippen LogP contribution in [0.1, 0.15) is 0 Å². The number of hydrogen-bond acceptors (Lipinski definition) is 4. The minimum absolute atomic E-state index is 0.0880. The lowest BCUT2D eigenvalue weighted by Crippen LogP contribution is -2.32. The maximum absolute atomic E-state index is 10.6. The van der Waals surface area contributed by atoms with Crippen LogP contribution in [0.3, 0.4) is 0 Å². The molecule has 0 aromatic carbocycles. The molecule has 0 aliphatic rings. The quantitative estimate of drug-likeness (QED) is 0.395. The van der Waals surface area contributed by atoms with E-state index in [-0.39, 0.29) is 13.2 Å². The Morgan fingerprint density at radius 1 is 1.90 bits per heavy atom. The van der Waals surface area contributed by atoms with Gasteiger partial charge in [0.25, 0.3) is 5.91 Å². The number of hydroxylamine groups is 2. The molecule has 0 radical (unpaired) electrons. The lowest BCUT2D eigenvalue weighted by molar-refractivity contribution is -0.169. The third kappa shape index (κ3) is 2.56. The molecule has 0 heterocycles. The van der Waals surface area contributed by atoms with Gasteiger partial charge in [0.1, 0.15) is 0 Å². The first-order valence-electron chi connectivity index (χ1n) is 2.73. The standard InChI is InChI=1S/C5H10N2O3/c1-10-7(2-3-8)5(9)4-6/h4,6,8H,2-3H2,1H3. The molecule has 0 spiro atoms. The summed E-state index contributed by atoms with van der Waals surface area (Å²) in [4.78, 5) is 15.1. The van der Waals surface area contributed by atoms with Gasteiger partial charge in [-0.15, -0.1) is 0 Å². The molecule has 0 saturated carbocycles. The van der Waals surface area contributed by atoms with Crippen LogP contribution >= 0.6 is 0 Å². The minimum atomic E-state index is -0.573. The normalized spacial score (nSPS) is 9.00.